The largest absolute Gasteiger partial charge is 0.503 e. The van der Waals surface area contributed by atoms with Gasteiger partial charge in [-0.1, -0.05) is 13.2 Å². The van der Waals surface area contributed by atoms with Crippen molar-refractivity contribution in [1.82, 2.24) is 0 Å². The van der Waals surface area contributed by atoms with Gasteiger partial charge in [0.2, 0.25) is 0 Å². The summed E-state index contributed by atoms with van der Waals surface area (Å²) in [5.74, 6) is -0.877. The van der Waals surface area contributed by atoms with E-state index in [0.29, 0.717) is 17.7 Å². The van der Waals surface area contributed by atoms with Gasteiger partial charge in [0.1, 0.15) is 0 Å². The number of hydrogen-bond donors (Lipinski definition) is 0. The van der Waals surface area contributed by atoms with E-state index in [2.05, 4.69) is 13.2 Å². The first kappa shape index (κ1) is 29.8. The molecule has 0 rings (SSSR count). The zero-order valence-corrected chi connectivity index (χ0v) is 20.4. The summed E-state index contributed by atoms with van der Waals surface area (Å²) in [7, 11) is 3.83. The van der Waals surface area contributed by atoms with E-state index in [0.717, 1.165) is 6.08 Å². The van der Waals surface area contributed by atoms with E-state index in [1.165, 1.54) is 42.7 Å². The van der Waals surface area contributed by atoms with Crippen LogP contribution in [0.4, 0.5) is 0 Å². The van der Waals surface area contributed by atoms with Gasteiger partial charge in [0.15, 0.2) is 0 Å². The number of hydrogen-bond acceptors (Lipinski definition) is 10. The number of carbonyl (C=O) groups excluding carboxylic acids is 2. The standard InChI is InChI=1S/C9H18O5Si.C8H16O5Si/c1-8(2)9(10)14-6-7-15(11-3,12-4)13-5;1-5-8(9)13-6-7-14(10-2,11-3)12-4/h1,6-7H2,2-5H3;5H,1,6-7H2,2-4H3. The third-order valence-corrected chi connectivity index (χ3v) is 9.04. The van der Waals surface area contributed by atoms with Gasteiger partial charge in [0, 0.05) is 54.3 Å². The van der Waals surface area contributed by atoms with Gasteiger partial charge in [-0.2, -0.15) is 0 Å². The van der Waals surface area contributed by atoms with Crippen molar-refractivity contribution in [1.29, 1.82) is 0 Å². The molecule has 0 saturated heterocycles. The van der Waals surface area contributed by atoms with Crippen LogP contribution < -0.4 is 0 Å². The number of ether oxygens (including phenoxy) is 2. The SMILES string of the molecule is C=C(C)C(=O)OCC[Si](OC)(OC)OC.C=CC(=O)OCC[Si](OC)(OC)OC. The second-order valence-corrected chi connectivity index (χ2v) is 11.6. The highest BCUT2D eigenvalue weighted by atomic mass is 28.4. The molecule has 0 fully saturated rings. The molecule has 0 aliphatic rings. The fourth-order valence-electron chi connectivity index (χ4n) is 1.84. The van der Waals surface area contributed by atoms with Gasteiger partial charge in [-0.05, 0) is 6.92 Å². The van der Waals surface area contributed by atoms with Crippen LogP contribution in [-0.4, -0.2) is 85.4 Å². The lowest BCUT2D eigenvalue weighted by Crippen LogP contribution is -2.43. The molecular formula is C17H34O10Si2. The highest BCUT2D eigenvalue weighted by Crippen LogP contribution is 2.13. The average molecular weight is 455 g/mol. The topological polar surface area (TPSA) is 108 Å². The van der Waals surface area contributed by atoms with Gasteiger partial charge in [-0.3, -0.25) is 0 Å². The minimum atomic E-state index is -2.63. The van der Waals surface area contributed by atoms with Crippen molar-refractivity contribution in [2.24, 2.45) is 0 Å². The summed E-state index contributed by atoms with van der Waals surface area (Å²) in [5.41, 5.74) is 0.370. The highest BCUT2D eigenvalue weighted by molar-refractivity contribution is 6.61. The molecule has 0 amide bonds. The molecule has 0 aromatic rings. The van der Waals surface area contributed by atoms with E-state index in [-0.39, 0.29) is 13.2 Å². The average Bonchev–Trinajstić information content (AvgIpc) is 2.75. The Morgan fingerprint density at radius 2 is 1.10 bits per heavy atom. The van der Waals surface area contributed by atoms with Crippen molar-refractivity contribution in [3.8, 4) is 0 Å². The quantitative estimate of drug-likeness (QED) is 0.218. The van der Waals surface area contributed by atoms with Crippen molar-refractivity contribution < 1.29 is 45.6 Å². The highest BCUT2D eigenvalue weighted by Gasteiger charge is 2.38. The maximum atomic E-state index is 11.1. The lowest BCUT2D eigenvalue weighted by Gasteiger charge is -2.23. The van der Waals surface area contributed by atoms with Crippen LogP contribution in [0, 0.1) is 0 Å². The molecule has 0 radical (unpaired) electrons. The van der Waals surface area contributed by atoms with Gasteiger partial charge in [0.25, 0.3) is 0 Å². The summed E-state index contributed by atoms with van der Waals surface area (Å²) in [4.78, 5) is 21.8. The molecule has 0 aliphatic heterocycles. The van der Waals surface area contributed by atoms with E-state index in [4.69, 9.17) is 36.0 Å². The summed E-state index contributed by atoms with van der Waals surface area (Å²) in [5, 5.41) is 0. The summed E-state index contributed by atoms with van der Waals surface area (Å²) >= 11 is 0. The van der Waals surface area contributed by atoms with Crippen molar-refractivity contribution in [3.63, 3.8) is 0 Å². The summed E-state index contributed by atoms with van der Waals surface area (Å²) in [6, 6.07) is 0.853. The van der Waals surface area contributed by atoms with E-state index >= 15 is 0 Å². The maximum Gasteiger partial charge on any atom is 0.503 e. The van der Waals surface area contributed by atoms with Crippen molar-refractivity contribution in [2.45, 2.75) is 19.0 Å². The Balaban J connectivity index is 0. The van der Waals surface area contributed by atoms with Crippen molar-refractivity contribution in [3.05, 3.63) is 24.8 Å². The molecule has 10 nitrogen and oxygen atoms in total. The molecule has 12 heteroatoms. The van der Waals surface area contributed by atoms with Gasteiger partial charge in [-0.25, -0.2) is 9.59 Å². The first-order valence-corrected chi connectivity index (χ1v) is 12.4. The number of rotatable bonds is 14. The monoisotopic (exact) mass is 454 g/mol. The number of esters is 2. The molecule has 0 heterocycles. The molecule has 0 aromatic heterocycles. The fourth-order valence-corrected chi connectivity index (χ4v) is 4.77. The molecule has 0 bridgehead atoms. The minimum Gasteiger partial charge on any atom is -0.463 e. The fraction of sp³-hybridized carbons (Fsp3) is 0.647. The second kappa shape index (κ2) is 16.4. The Kier molecular flexibility index (Phi) is 16.9. The maximum absolute atomic E-state index is 11.1. The van der Waals surface area contributed by atoms with Crippen molar-refractivity contribution in [2.75, 3.05) is 55.9 Å². The lowest BCUT2D eigenvalue weighted by atomic mass is 10.4. The van der Waals surface area contributed by atoms with E-state index in [1.54, 1.807) is 6.92 Å². The van der Waals surface area contributed by atoms with Crippen LogP contribution in [0.1, 0.15) is 6.92 Å². The molecule has 0 saturated carbocycles. The molecular weight excluding hydrogens is 420 g/mol. The second-order valence-electron chi connectivity index (χ2n) is 5.38. The number of carbonyl (C=O) groups is 2. The predicted octanol–water partition coefficient (Wildman–Crippen LogP) is 1.58. The van der Waals surface area contributed by atoms with Crippen LogP contribution in [0.25, 0.3) is 0 Å². The molecule has 0 unspecified atom stereocenters. The molecule has 0 aromatic carbocycles. The van der Waals surface area contributed by atoms with Crippen LogP contribution in [0.3, 0.4) is 0 Å². The molecule has 0 spiro atoms. The molecule has 170 valence electrons. The summed E-state index contributed by atoms with van der Waals surface area (Å²) in [6.45, 7) is 8.75. The van der Waals surface area contributed by atoms with E-state index in [1.807, 2.05) is 0 Å². The van der Waals surface area contributed by atoms with Crippen LogP contribution >= 0.6 is 0 Å². The van der Waals surface area contributed by atoms with Gasteiger partial charge in [0.05, 0.1) is 25.3 Å². The van der Waals surface area contributed by atoms with Gasteiger partial charge >= 0.3 is 29.5 Å². The van der Waals surface area contributed by atoms with E-state index in [9.17, 15) is 9.59 Å². The normalized spacial score (nSPS) is 11.1. The Bertz CT molecular complexity index is 488. The molecule has 0 atom stereocenters. The minimum absolute atomic E-state index is 0.201. The molecule has 0 N–H and O–H groups in total. The Morgan fingerprint density at radius 3 is 1.38 bits per heavy atom. The first-order chi connectivity index (χ1) is 13.6. The van der Waals surface area contributed by atoms with Crippen LogP contribution in [0.15, 0.2) is 24.8 Å². The third kappa shape index (κ3) is 12.0. The third-order valence-electron chi connectivity index (χ3n) is 3.68. The Morgan fingerprint density at radius 1 is 0.759 bits per heavy atom. The van der Waals surface area contributed by atoms with Crippen LogP contribution in [0.5, 0.6) is 0 Å². The van der Waals surface area contributed by atoms with E-state index < -0.39 is 29.5 Å². The first-order valence-electron chi connectivity index (χ1n) is 8.58. The summed E-state index contributed by atoms with van der Waals surface area (Å²) < 4.78 is 40.6. The Labute approximate surface area is 175 Å². The van der Waals surface area contributed by atoms with Gasteiger partial charge in [-0.15, -0.1) is 0 Å². The van der Waals surface area contributed by atoms with Crippen LogP contribution in [0.2, 0.25) is 12.1 Å². The molecule has 0 aliphatic carbocycles. The Hall–Kier alpha value is -1.39. The zero-order valence-electron chi connectivity index (χ0n) is 18.4. The zero-order chi connectivity index (χ0) is 22.9. The summed E-state index contributed by atoms with van der Waals surface area (Å²) in [6.07, 6.45) is 1.11. The molecule has 29 heavy (non-hydrogen) atoms. The van der Waals surface area contributed by atoms with Crippen LogP contribution in [-0.2, 0) is 45.6 Å². The van der Waals surface area contributed by atoms with Gasteiger partial charge < -0.3 is 36.0 Å². The van der Waals surface area contributed by atoms with Crippen molar-refractivity contribution >= 4 is 29.5 Å². The lowest BCUT2D eigenvalue weighted by molar-refractivity contribution is -0.139. The predicted molar refractivity (Wildman–Crippen MR) is 110 cm³/mol. The smallest absolute Gasteiger partial charge is 0.463 e.